The zero-order valence-corrected chi connectivity index (χ0v) is 17.8. The molecule has 0 saturated heterocycles. The van der Waals surface area contributed by atoms with Gasteiger partial charge in [-0.15, -0.1) is 0 Å². The van der Waals surface area contributed by atoms with Crippen molar-refractivity contribution in [3.63, 3.8) is 0 Å². The number of fused-ring (bicyclic) bond motifs is 2. The smallest absolute Gasteiger partial charge is 0.251 e. The van der Waals surface area contributed by atoms with Crippen LogP contribution >= 0.6 is 0 Å². The fraction of sp³-hybridized carbons (Fsp3) is 0.269. The van der Waals surface area contributed by atoms with Crippen molar-refractivity contribution >= 4 is 17.3 Å². The summed E-state index contributed by atoms with van der Waals surface area (Å²) < 4.78 is 11.0. The van der Waals surface area contributed by atoms with Crippen LogP contribution in [0.2, 0.25) is 0 Å². The number of carbonyl (C=O) groups is 1. The first-order chi connectivity index (χ1) is 15.1. The first-order valence-corrected chi connectivity index (χ1v) is 10.7. The van der Waals surface area contributed by atoms with Crippen molar-refractivity contribution in [1.82, 2.24) is 0 Å². The SMILES string of the molecule is CC(C)c1ccc(NC(=O)[C@@H](c2ccc3c(c2)OCO3)N2CCc3ccccc32)cc1. The highest BCUT2D eigenvalue weighted by atomic mass is 16.7. The van der Waals surface area contributed by atoms with E-state index in [0.29, 0.717) is 17.4 Å². The molecule has 2 aliphatic rings. The molecule has 0 aromatic heterocycles. The minimum Gasteiger partial charge on any atom is -0.454 e. The molecule has 0 bridgehead atoms. The molecule has 1 amide bonds. The number of hydrogen-bond acceptors (Lipinski definition) is 4. The van der Waals surface area contributed by atoms with Gasteiger partial charge in [0.05, 0.1) is 0 Å². The molecule has 3 aromatic rings. The second-order valence-electron chi connectivity index (χ2n) is 8.35. The van der Waals surface area contributed by atoms with Crippen LogP contribution in [0.25, 0.3) is 0 Å². The molecule has 5 heteroatoms. The fourth-order valence-corrected chi connectivity index (χ4v) is 4.35. The van der Waals surface area contributed by atoms with E-state index in [1.165, 1.54) is 11.1 Å². The van der Waals surface area contributed by atoms with Gasteiger partial charge in [-0.25, -0.2) is 0 Å². The van der Waals surface area contributed by atoms with E-state index < -0.39 is 6.04 Å². The number of para-hydroxylation sites is 1. The van der Waals surface area contributed by atoms with E-state index in [2.05, 4.69) is 48.3 Å². The summed E-state index contributed by atoms with van der Waals surface area (Å²) in [6.45, 7) is 5.32. The number of carbonyl (C=O) groups excluding carboxylic acids is 1. The molecule has 0 unspecified atom stereocenters. The molecule has 1 N–H and O–H groups in total. The largest absolute Gasteiger partial charge is 0.454 e. The molecule has 2 aliphatic heterocycles. The van der Waals surface area contributed by atoms with Gasteiger partial charge in [-0.1, -0.05) is 50.2 Å². The van der Waals surface area contributed by atoms with Gasteiger partial charge in [-0.05, 0) is 59.4 Å². The molecule has 0 saturated carbocycles. The quantitative estimate of drug-likeness (QED) is 0.617. The molecule has 31 heavy (non-hydrogen) atoms. The maximum absolute atomic E-state index is 13.6. The van der Waals surface area contributed by atoms with Gasteiger partial charge in [0.25, 0.3) is 5.91 Å². The van der Waals surface area contributed by atoms with Crippen molar-refractivity contribution < 1.29 is 14.3 Å². The summed E-state index contributed by atoms with van der Waals surface area (Å²) in [4.78, 5) is 15.8. The third-order valence-electron chi connectivity index (χ3n) is 6.04. The van der Waals surface area contributed by atoms with E-state index in [1.54, 1.807) is 0 Å². The van der Waals surface area contributed by atoms with Crippen LogP contribution in [0.4, 0.5) is 11.4 Å². The lowest BCUT2D eigenvalue weighted by Crippen LogP contribution is -2.36. The van der Waals surface area contributed by atoms with Crippen LogP contribution in [0.15, 0.2) is 66.7 Å². The number of nitrogens with one attached hydrogen (secondary N) is 1. The number of ether oxygens (including phenoxy) is 2. The zero-order valence-electron chi connectivity index (χ0n) is 17.8. The van der Waals surface area contributed by atoms with Gasteiger partial charge in [0.1, 0.15) is 6.04 Å². The number of nitrogens with zero attached hydrogens (tertiary/aromatic N) is 1. The van der Waals surface area contributed by atoms with Crippen molar-refractivity contribution in [2.24, 2.45) is 0 Å². The Labute approximate surface area is 182 Å². The van der Waals surface area contributed by atoms with Crippen LogP contribution in [-0.4, -0.2) is 19.2 Å². The Morgan fingerprint density at radius 2 is 1.68 bits per heavy atom. The second kappa shape index (κ2) is 7.99. The summed E-state index contributed by atoms with van der Waals surface area (Å²) in [6, 6.07) is 21.7. The predicted octanol–water partition coefficient (Wildman–Crippen LogP) is 5.28. The summed E-state index contributed by atoms with van der Waals surface area (Å²) in [5.41, 5.74) is 5.31. The lowest BCUT2D eigenvalue weighted by Gasteiger charge is -2.30. The predicted molar refractivity (Wildman–Crippen MR) is 122 cm³/mol. The standard InChI is InChI=1S/C26H26N2O3/c1-17(2)18-7-10-21(11-8-18)27-26(29)25(20-9-12-23-24(15-20)31-16-30-23)28-14-13-19-5-3-4-6-22(19)28/h3-12,15,17,25H,13-14,16H2,1-2H3,(H,27,29)/t25-/m1/s1. The van der Waals surface area contributed by atoms with Gasteiger partial charge < -0.3 is 19.7 Å². The van der Waals surface area contributed by atoms with E-state index >= 15 is 0 Å². The van der Waals surface area contributed by atoms with Crippen LogP contribution in [0.5, 0.6) is 11.5 Å². The molecule has 5 rings (SSSR count). The Morgan fingerprint density at radius 1 is 0.935 bits per heavy atom. The molecular formula is C26H26N2O3. The van der Waals surface area contributed by atoms with Crippen molar-refractivity contribution in [2.45, 2.75) is 32.2 Å². The van der Waals surface area contributed by atoms with Gasteiger partial charge in [-0.2, -0.15) is 0 Å². The second-order valence-corrected chi connectivity index (χ2v) is 8.35. The molecule has 0 fully saturated rings. The van der Waals surface area contributed by atoms with Gasteiger partial charge >= 0.3 is 0 Å². The Balaban J connectivity index is 1.49. The van der Waals surface area contributed by atoms with Gasteiger partial charge in [0.15, 0.2) is 11.5 Å². The lowest BCUT2D eigenvalue weighted by atomic mass is 10.0. The third-order valence-corrected chi connectivity index (χ3v) is 6.04. The molecule has 3 aromatic carbocycles. The molecule has 1 atom stereocenters. The number of benzene rings is 3. The average molecular weight is 415 g/mol. The Bertz CT molecular complexity index is 1110. The summed E-state index contributed by atoms with van der Waals surface area (Å²) >= 11 is 0. The Hall–Kier alpha value is -3.47. The van der Waals surface area contributed by atoms with Crippen molar-refractivity contribution in [1.29, 1.82) is 0 Å². The number of anilines is 2. The first-order valence-electron chi connectivity index (χ1n) is 10.7. The highest BCUT2D eigenvalue weighted by molar-refractivity contribution is 5.98. The summed E-state index contributed by atoms with van der Waals surface area (Å²) in [5.74, 6) is 1.79. The molecule has 0 aliphatic carbocycles. The summed E-state index contributed by atoms with van der Waals surface area (Å²) in [7, 11) is 0. The maximum Gasteiger partial charge on any atom is 0.251 e. The molecular weight excluding hydrogens is 388 g/mol. The highest BCUT2D eigenvalue weighted by Gasteiger charge is 2.33. The monoisotopic (exact) mass is 414 g/mol. The summed E-state index contributed by atoms with van der Waals surface area (Å²) in [5, 5.41) is 3.13. The normalized spacial score (nSPS) is 15.1. The zero-order chi connectivity index (χ0) is 21.4. The maximum atomic E-state index is 13.6. The molecule has 2 heterocycles. The lowest BCUT2D eigenvalue weighted by molar-refractivity contribution is -0.117. The third kappa shape index (κ3) is 3.72. The molecule has 0 radical (unpaired) electrons. The van der Waals surface area contributed by atoms with Crippen molar-refractivity contribution in [3.8, 4) is 11.5 Å². The average Bonchev–Trinajstić information content (AvgIpc) is 3.41. The number of rotatable bonds is 5. The van der Waals surface area contributed by atoms with Gasteiger partial charge in [0, 0.05) is 17.9 Å². The number of hydrogen-bond donors (Lipinski definition) is 1. The van der Waals surface area contributed by atoms with Crippen LogP contribution in [0.3, 0.4) is 0 Å². The van der Waals surface area contributed by atoms with E-state index in [4.69, 9.17) is 9.47 Å². The van der Waals surface area contributed by atoms with Crippen LogP contribution < -0.4 is 19.7 Å². The van der Waals surface area contributed by atoms with E-state index in [9.17, 15) is 4.79 Å². The Kier molecular flexibility index (Phi) is 5.02. The van der Waals surface area contributed by atoms with Gasteiger partial charge in [0.2, 0.25) is 6.79 Å². The van der Waals surface area contributed by atoms with Crippen molar-refractivity contribution in [3.05, 3.63) is 83.4 Å². The van der Waals surface area contributed by atoms with E-state index in [0.717, 1.165) is 29.9 Å². The van der Waals surface area contributed by atoms with E-state index in [-0.39, 0.29) is 12.7 Å². The fourth-order valence-electron chi connectivity index (χ4n) is 4.35. The Morgan fingerprint density at radius 3 is 2.48 bits per heavy atom. The van der Waals surface area contributed by atoms with Crippen LogP contribution in [0, 0.1) is 0 Å². The first kappa shape index (κ1) is 19.5. The number of amides is 1. The molecule has 5 nitrogen and oxygen atoms in total. The van der Waals surface area contributed by atoms with Crippen LogP contribution in [-0.2, 0) is 11.2 Å². The summed E-state index contributed by atoms with van der Waals surface area (Å²) in [6.07, 6.45) is 0.924. The van der Waals surface area contributed by atoms with Crippen LogP contribution in [0.1, 0.15) is 42.5 Å². The minimum absolute atomic E-state index is 0.0622. The highest BCUT2D eigenvalue weighted by Crippen LogP contribution is 2.40. The topological polar surface area (TPSA) is 50.8 Å². The van der Waals surface area contributed by atoms with E-state index in [1.807, 2.05) is 42.5 Å². The minimum atomic E-state index is -0.470. The van der Waals surface area contributed by atoms with Gasteiger partial charge in [-0.3, -0.25) is 4.79 Å². The molecule has 158 valence electrons. The molecule has 0 spiro atoms. The van der Waals surface area contributed by atoms with Crippen molar-refractivity contribution in [2.75, 3.05) is 23.6 Å².